The first-order chi connectivity index (χ1) is 14.5. The molecule has 0 spiro atoms. The predicted molar refractivity (Wildman–Crippen MR) is 114 cm³/mol. The standard InChI is InChI=1S/C22H25N3O5/c1-5-10-25-22(27)16-9-7-6-8-15(16)19(24-25)21(26)23-13-14-11-17(28-2)20(30-4)18(12-14)29-3/h6-9,11-12H,5,10,13H2,1-4H3,(H,23,26). The fourth-order valence-corrected chi connectivity index (χ4v) is 3.27. The Kier molecular flexibility index (Phi) is 6.56. The first-order valence-corrected chi connectivity index (χ1v) is 9.61. The smallest absolute Gasteiger partial charge is 0.274 e. The number of amides is 1. The van der Waals surface area contributed by atoms with Crippen molar-refractivity contribution in [3.63, 3.8) is 0 Å². The van der Waals surface area contributed by atoms with Gasteiger partial charge >= 0.3 is 0 Å². The van der Waals surface area contributed by atoms with Crippen molar-refractivity contribution in [2.24, 2.45) is 0 Å². The second-order valence-corrected chi connectivity index (χ2v) is 6.64. The minimum Gasteiger partial charge on any atom is -0.493 e. The third-order valence-corrected chi connectivity index (χ3v) is 4.70. The first kappa shape index (κ1) is 21.2. The maximum absolute atomic E-state index is 13.0. The topological polar surface area (TPSA) is 91.7 Å². The maximum Gasteiger partial charge on any atom is 0.274 e. The van der Waals surface area contributed by atoms with Crippen LogP contribution in [0.2, 0.25) is 0 Å². The summed E-state index contributed by atoms with van der Waals surface area (Å²) in [5.74, 6) is 1.11. The summed E-state index contributed by atoms with van der Waals surface area (Å²) in [5, 5.41) is 8.18. The van der Waals surface area contributed by atoms with Gasteiger partial charge in [-0.3, -0.25) is 9.59 Å². The van der Waals surface area contributed by atoms with Gasteiger partial charge in [0.25, 0.3) is 11.5 Å². The number of nitrogens with zero attached hydrogens (tertiary/aromatic N) is 2. The Morgan fingerprint density at radius 3 is 2.23 bits per heavy atom. The van der Waals surface area contributed by atoms with Crippen LogP contribution in [-0.4, -0.2) is 37.0 Å². The molecule has 2 aromatic carbocycles. The van der Waals surface area contributed by atoms with Crippen LogP contribution in [0, 0.1) is 0 Å². The number of carbonyl (C=O) groups is 1. The number of aryl methyl sites for hydroxylation is 1. The van der Waals surface area contributed by atoms with Crippen molar-refractivity contribution in [3.8, 4) is 17.2 Å². The minimum absolute atomic E-state index is 0.200. The number of benzene rings is 2. The van der Waals surface area contributed by atoms with Gasteiger partial charge in [-0.15, -0.1) is 0 Å². The van der Waals surface area contributed by atoms with Gasteiger partial charge in [-0.05, 0) is 30.2 Å². The van der Waals surface area contributed by atoms with Crippen LogP contribution in [0.25, 0.3) is 10.8 Å². The van der Waals surface area contributed by atoms with E-state index in [0.717, 1.165) is 12.0 Å². The Morgan fingerprint density at radius 2 is 1.67 bits per heavy atom. The van der Waals surface area contributed by atoms with Crippen LogP contribution in [0.3, 0.4) is 0 Å². The average Bonchev–Trinajstić information content (AvgIpc) is 2.78. The summed E-state index contributed by atoms with van der Waals surface area (Å²) in [7, 11) is 4.60. The van der Waals surface area contributed by atoms with Crippen molar-refractivity contribution in [2.45, 2.75) is 26.4 Å². The van der Waals surface area contributed by atoms with Gasteiger partial charge in [0.2, 0.25) is 5.75 Å². The lowest BCUT2D eigenvalue weighted by molar-refractivity contribution is 0.0945. The number of rotatable bonds is 8. The summed E-state index contributed by atoms with van der Waals surface area (Å²) in [6, 6.07) is 10.5. The lowest BCUT2D eigenvalue weighted by Crippen LogP contribution is -2.30. The highest BCUT2D eigenvalue weighted by Gasteiger charge is 2.18. The average molecular weight is 411 g/mol. The summed E-state index contributed by atoms with van der Waals surface area (Å²) in [4.78, 5) is 25.6. The van der Waals surface area contributed by atoms with Gasteiger partial charge in [0.05, 0.1) is 26.7 Å². The van der Waals surface area contributed by atoms with E-state index in [1.54, 1.807) is 36.4 Å². The van der Waals surface area contributed by atoms with E-state index in [1.807, 2.05) is 6.92 Å². The number of fused-ring (bicyclic) bond motifs is 1. The third-order valence-electron chi connectivity index (χ3n) is 4.70. The van der Waals surface area contributed by atoms with Crippen LogP contribution in [-0.2, 0) is 13.1 Å². The van der Waals surface area contributed by atoms with Crippen LogP contribution in [0.15, 0.2) is 41.2 Å². The van der Waals surface area contributed by atoms with Crippen LogP contribution in [0.5, 0.6) is 17.2 Å². The molecule has 0 atom stereocenters. The molecule has 0 unspecified atom stereocenters. The normalized spacial score (nSPS) is 10.7. The highest BCUT2D eigenvalue weighted by atomic mass is 16.5. The van der Waals surface area contributed by atoms with Crippen LogP contribution >= 0.6 is 0 Å². The molecule has 158 valence electrons. The number of nitrogens with one attached hydrogen (secondary N) is 1. The summed E-state index contributed by atoms with van der Waals surface area (Å²) < 4.78 is 17.4. The molecule has 0 aliphatic carbocycles. The van der Waals surface area contributed by atoms with E-state index in [2.05, 4.69) is 10.4 Å². The minimum atomic E-state index is -0.371. The maximum atomic E-state index is 13.0. The van der Waals surface area contributed by atoms with Crippen molar-refractivity contribution in [1.29, 1.82) is 0 Å². The molecule has 8 nitrogen and oxygen atoms in total. The largest absolute Gasteiger partial charge is 0.493 e. The molecule has 0 fully saturated rings. The zero-order chi connectivity index (χ0) is 21.7. The summed E-state index contributed by atoms with van der Waals surface area (Å²) in [5.41, 5.74) is 0.781. The molecule has 30 heavy (non-hydrogen) atoms. The number of methoxy groups -OCH3 is 3. The molecular formula is C22H25N3O5. The van der Waals surface area contributed by atoms with Crippen LogP contribution in [0.1, 0.15) is 29.4 Å². The fraction of sp³-hybridized carbons (Fsp3) is 0.318. The SMILES string of the molecule is CCCn1nc(C(=O)NCc2cc(OC)c(OC)c(OC)c2)c2ccccc2c1=O. The van der Waals surface area contributed by atoms with E-state index >= 15 is 0 Å². The van der Waals surface area contributed by atoms with Crippen LogP contribution in [0.4, 0.5) is 0 Å². The summed E-state index contributed by atoms with van der Waals surface area (Å²) in [6.45, 7) is 2.61. The van der Waals surface area contributed by atoms with E-state index < -0.39 is 0 Å². The lowest BCUT2D eigenvalue weighted by Gasteiger charge is -2.15. The quantitative estimate of drug-likeness (QED) is 0.613. The van der Waals surface area contributed by atoms with Gasteiger partial charge in [0, 0.05) is 18.5 Å². The highest BCUT2D eigenvalue weighted by molar-refractivity contribution is 6.04. The van der Waals surface area contributed by atoms with Crippen molar-refractivity contribution in [1.82, 2.24) is 15.1 Å². The predicted octanol–water partition coefficient (Wildman–Crippen LogP) is 2.76. The zero-order valence-electron chi connectivity index (χ0n) is 17.5. The molecule has 1 N–H and O–H groups in total. The molecule has 0 radical (unpaired) electrons. The Labute approximate surface area is 174 Å². The molecule has 3 aromatic rings. The van der Waals surface area contributed by atoms with Crippen molar-refractivity contribution >= 4 is 16.7 Å². The van der Waals surface area contributed by atoms with Crippen molar-refractivity contribution in [2.75, 3.05) is 21.3 Å². The van der Waals surface area contributed by atoms with Gasteiger partial charge in [-0.25, -0.2) is 4.68 Å². The van der Waals surface area contributed by atoms with Gasteiger partial charge in [-0.1, -0.05) is 25.1 Å². The molecule has 0 saturated carbocycles. The molecule has 0 aliphatic rings. The molecule has 0 saturated heterocycles. The second-order valence-electron chi connectivity index (χ2n) is 6.64. The Balaban J connectivity index is 1.93. The molecule has 1 aromatic heterocycles. The second kappa shape index (κ2) is 9.30. The van der Waals surface area contributed by atoms with E-state index in [4.69, 9.17) is 14.2 Å². The molecule has 8 heteroatoms. The number of ether oxygens (including phenoxy) is 3. The summed E-state index contributed by atoms with van der Waals surface area (Å²) in [6.07, 6.45) is 0.734. The first-order valence-electron chi connectivity index (χ1n) is 9.61. The summed E-state index contributed by atoms with van der Waals surface area (Å²) >= 11 is 0. The molecule has 0 bridgehead atoms. The van der Waals surface area contributed by atoms with Crippen molar-refractivity contribution in [3.05, 3.63) is 58.0 Å². The monoisotopic (exact) mass is 411 g/mol. The Morgan fingerprint density at radius 1 is 1.03 bits per heavy atom. The number of hydrogen-bond acceptors (Lipinski definition) is 6. The number of hydrogen-bond donors (Lipinski definition) is 1. The molecular weight excluding hydrogens is 386 g/mol. The Hall–Kier alpha value is -3.55. The van der Waals surface area contributed by atoms with Gasteiger partial charge in [0.15, 0.2) is 17.2 Å². The van der Waals surface area contributed by atoms with Crippen LogP contribution < -0.4 is 25.1 Å². The molecule has 1 amide bonds. The molecule has 0 aliphatic heterocycles. The molecule has 1 heterocycles. The van der Waals surface area contributed by atoms with E-state index in [1.165, 1.54) is 26.0 Å². The lowest BCUT2D eigenvalue weighted by atomic mass is 10.1. The zero-order valence-corrected chi connectivity index (χ0v) is 17.5. The van der Waals surface area contributed by atoms with Gasteiger partial charge in [-0.2, -0.15) is 5.10 Å². The Bertz CT molecular complexity index is 1100. The van der Waals surface area contributed by atoms with Gasteiger partial charge < -0.3 is 19.5 Å². The third kappa shape index (κ3) is 4.07. The number of aromatic nitrogens is 2. The number of carbonyl (C=O) groups excluding carboxylic acids is 1. The fourth-order valence-electron chi connectivity index (χ4n) is 3.27. The van der Waals surface area contributed by atoms with E-state index in [9.17, 15) is 9.59 Å². The highest BCUT2D eigenvalue weighted by Crippen LogP contribution is 2.38. The molecule has 3 rings (SSSR count). The van der Waals surface area contributed by atoms with Crippen molar-refractivity contribution < 1.29 is 19.0 Å². The van der Waals surface area contributed by atoms with E-state index in [0.29, 0.717) is 34.6 Å². The van der Waals surface area contributed by atoms with E-state index in [-0.39, 0.29) is 23.7 Å². The van der Waals surface area contributed by atoms with Gasteiger partial charge in [0.1, 0.15) is 0 Å².